The first-order valence-electron chi connectivity index (χ1n) is 6.12. The molecule has 0 radical (unpaired) electrons. The number of non-ortho nitro benzene ring substituents is 1. The molecule has 8 heteroatoms. The predicted molar refractivity (Wildman–Crippen MR) is 81.4 cm³/mol. The lowest BCUT2D eigenvalue weighted by Gasteiger charge is -2.03. The van der Waals surface area contributed by atoms with E-state index >= 15 is 0 Å². The van der Waals surface area contributed by atoms with Gasteiger partial charge in [-0.15, -0.1) is 11.3 Å². The summed E-state index contributed by atoms with van der Waals surface area (Å²) in [5.41, 5.74) is -0.695. The number of nitro groups is 1. The first-order valence-corrected chi connectivity index (χ1v) is 7.00. The largest absolute Gasteiger partial charge is 0.421 e. The van der Waals surface area contributed by atoms with Crippen molar-refractivity contribution < 1.29 is 14.1 Å². The van der Waals surface area contributed by atoms with E-state index in [2.05, 4.69) is 5.32 Å². The number of rotatable bonds is 3. The maximum Gasteiger partial charge on any atom is 0.360 e. The molecule has 7 nitrogen and oxygen atoms in total. The molecule has 0 aliphatic carbocycles. The lowest BCUT2D eigenvalue weighted by molar-refractivity contribution is -0.384. The molecule has 110 valence electrons. The average molecular weight is 316 g/mol. The Morgan fingerprint density at radius 1 is 1.27 bits per heavy atom. The zero-order valence-corrected chi connectivity index (χ0v) is 11.8. The summed E-state index contributed by atoms with van der Waals surface area (Å²) in [6, 6.07) is 8.56. The topological polar surface area (TPSA) is 102 Å². The number of amides is 1. The Kier molecular flexibility index (Phi) is 3.43. The molecule has 0 spiro atoms. The van der Waals surface area contributed by atoms with Crippen molar-refractivity contribution in [3.63, 3.8) is 0 Å². The molecule has 3 rings (SSSR count). The van der Waals surface area contributed by atoms with Crippen LogP contribution in [0.4, 0.5) is 11.4 Å². The molecule has 0 unspecified atom stereocenters. The van der Waals surface area contributed by atoms with E-state index in [0.717, 1.165) is 0 Å². The van der Waals surface area contributed by atoms with Crippen molar-refractivity contribution in [1.29, 1.82) is 0 Å². The Morgan fingerprint density at radius 3 is 2.77 bits per heavy atom. The molecule has 0 bridgehead atoms. The maximum absolute atomic E-state index is 11.9. The smallest absolute Gasteiger partial charge is 0.360 e. The van der Waals surface area contributed by atoms with Crippen molar-refractivity contribution in [2.45, 2.75) is 0 Å². The Labute approximate surface area is 127 Å². The number of carbonyl (C=O) groups is 1. The van der Waals surface area contributed by atoms with Gasteiger partial charge in [0.2, 0.25) is 0 Å². The van der Waals surface area contributed by atoms with Crippen LogP contribution >= 0.6 is 11.3 Å². The fourth-order valence-corrected chi connectivity index (χ4v) is 2.52. The fourth-order valence-electron chi connectivity index (χ4n) is 1.90. The molecule has 0 saturated heterocycles. The minimum Gasteiger partial charge on any atom is -0.421 e. The van der Waals surface area contributed by atoms with E-state index in [-0.39, 0.29) is 17.0 Å². The second kappa shape index (κ2) is 5.41. The van der Waals surface area contributed by atoms with Gasteiger partial charge >= 0.3 is 5.63 Å². The monoisotopic (exact) mass is 316 g/mol. The second-order valence-corrected chi connectivity index (χ2v) is 5.31. The van der Waals surface area contributed by atoms with Gasteiger partial charge in [0.1, 0.15) is 11.3 Å². The van der Waals surface area contributed by atoms with Crippen LogP contribution in [0, 0.1) is 10.1 Å². The fraction of sp³-hybridized carbons (Fsp3) is 0. The number of nitrogens with one attached hydrogen (secondary N) is 1. The third-order valence-corrected chi connectivity index (χ3v) is 3.79. The van der Waals surface area contributed by atoms with E-state index < -0.39 is 16.5 Å². The van der Waals surface area contributed by atoms with Crippen molar-refractivity contribution >= 4 is 39.6 Å². The normalized spacial score (nSPS) is 10.5. The van der Waals surface area contributed by atoms with E-state index in [0.29, 0.717) is 10.3 Å². The highest BCUT2D eigenvalue weighted by Crippen LogP contribution is 2.22. The third kappa shape index (κ3) is 2.59. The number of nitrogens with zero attached hydrogens (tertiary/aromatic N) is 1. The number of carbonyl (C=O) groups excluding carboxylic acids is 1. The number of hydrogen-bond acceptors (Lipinski definition) is 6. The number of thiophene rings is 1. The predicted octanol–water partition coefficient (Wildman–Crippen LogP) is 3.02. The molecule has 0 aliphatic rings. The van der Waals surface area contributed by atoms with Gasteiger partial charge in [0.05, 0.1) is 9.80 Å². The van der Waals surface area contributed by atoms with Crippen LogP contribution in [0.15, 0.2) is 51.0 Å². The number of fused-ring (bicyclic) bond motifs is 1. The van der Waals surface area contributed by atoms with E-state index in [1.165, 1.54) is 35.6 Å². The molecule has 0 saturated carbocycles. The number of nitro benzene ring substituents is 1. The van der Waals surface area contributed by atoms with Crippen molar-refractivity contribution in [3.8, 4) is 0 Å². The van der Waals surface area contributed by atoms with Crippen LogP contribution in [0.2, 0.25) is 0 Å². The van der Waals surface area contributed by atoms with Crippen molar-refractivity contribution in [1.82, 2.24) is 0 Å². The Morgan fingerprint density at radius 2 is 2.09 bits per heavy atom. The van der Waals surface area contributed by atoms with Crippen LogP contribution in [-0.4, -0.2) is 10.8 Å². The summed E-state index contributed by atoms with van der Waals surface area (Å²) in [4.78, 5) is 34.5. The highest BCUT2D eigenvalue weighted by Gasteiger charge is 2.13. The summed E-state index contributed by atoms with van der Waals surface area (Å²) >= 11 is 1.23. The molecule has 0 atom stereocenters. The molecule has 3 aromatic rings. The van der Waals surface area contributed by atoms with Gasteiger partial charge in [-0.1, -0.05) is 6.07 Å². The molecule has 22 heavy (non-hydrogen) atoms. The van der Waals surface area contributed by atoms with Gasteiger partial charge in [-0.05, 0) is 23.6 Å². The summed E-state index contributed by atoms with van der Waals surface area (Å²) < 4.78 is 5.06. The molecule has 0 fully saturated rings. The van der Waals surface area contributed by atoms with Gasteiger partial charge in [-0.2, -0.15) is 0 Å². The number of benzene rings is 1. The summed E-state index contributed by atoms with van der Waals surface area (Å²) in [5, 5.41) is 15.3. The average Bonchev–Trinajstić information content (AvgIpc) is 3.01. The Hall–Kier alpha value is -3.00. The van der Waals surface area contributed by atoms with Crippen molar-refractivity contribution in [2.24, 2.45) is 0 Å². The van der Waals surface area contributed by atoms with Gasteiger partial charge in [0.25, 0.3) is 11.6 Å². The first kappa shape index (κ1) is 14.0. The zero-order valence-electron chi connectivity index (χ0n) is 10.9. The highest BCUT2D eigenvalue weighted by atomic mass is 32.1. The van der Waals surface area contributed by atoms with Crippen LogP contribution < -0.4 is 10.9 Å². The van der Waals surface area contributed by atoms with Gasteiger partial charge in [0, 0.05) is 17.5 Å². The van der Waals surface area contributed by atoms with Crippen LogP contribution in [0.5, 0.6) is 0 Å². The number of hydrogen-bond donors (Lipinski definition) is 1. The van der Waals surface area contributed by atoms with Crippen molar-refractivity contribution in [2.75, 3.05) is 5.32 Å². The molecule has 1 aromatic carbocycles. The lowest BCUT2D eigenvalue weighted by atomic mass is 10.2. The van der Waals surface area contributed by atoms with Crippen molar-refractivity contribution in [3.05, 3.63) is 67.2 Å². The molecule has 1 N–H and O–H groups in total. The SMILES string of the molecule is O=C(Nc1cc2cc([N+](=O)[O-])ccc2oc1=O)c1cccs1. The first-order chi connectivity index (χ1) is 10.5. The maximum atomic E-state index is 11.9. The molecule has 2 heterocycles. The van der Waals surface area contributed by atoms with Gasteiger partial charge in [-0.3, -0.25) is 14.9 Å². The summed E-state index contributed by atoms with van der Waals surface area (Å²) in [6.07, 6.45) is 0. The highest BCUT2D eigenvalue weighted by molar-refractivity contribution is 7.12. The van der Waals surface area contributed by atoms with E-state index in [4.69, 9.17) is 4.42 Å². The van der Waals surface area contributed by atoms with Gasteiger partial charge in [0.15, 0.2) is 0 Å². The van der Waals surface area contributed by atoms with Crippen LogP contribution in [0.1, 0.15) is 9.67 Å². The van der Waals surface area contributed by atoms with E-state index in [9.17, 15) is 19.7 Å². The lowest BCUT2D eigenvalue weighted by Crippen LogP contribution is -2.16. The minimum absolute atomic E-state index is 0.0635. The quantitative estimate of drug-likeness (QED) is 0.454. The molecule has 1 amide bonds. The second-order valence-electron chi connectivity index (χ2n) is 4.36. The summed E-state index contributed by atoms with van der Waals surface area (Å²) in [5.74, 6) is -0.438. The van der Waals surface area contributed by atoms with Gasteiger partial charge in [-0.25, -0.2) is 4.79 Å². The Balaban J connectivity index is 2.02. The van der Waals surface area contributed by atoms with E-state index in [1.54, 1.807) is 17.5 Å². The van der Waals surface area contributed by atoms with Crippen LogP contribution in [0.3, 0.4) is 0 Å². The molecular formula is C14H8N2O5S. The molecular weight excluding hydrogens is 308 g/mol. The Bertz CT molecular complexity index is 930. The minimum atomic E-state index is -0.716. The molecule has 2 aromatic heterocycles. The number of anilines is 1. The van der Waals surface area contributed by atoms with Crippen LogP contribution in [-0.2, 0) is 0 Å². The standard InChI is InChI=1S/C14H8N2O5S/c17-13(12-2-1-5-22-12)15-10-7-8-6-9(16(19)20)3-4-11(8)21-14(10)18/h1-7H,(H,15,17). The summed E-state index contributed by atoms with van der Waals surface area (Å²) in [7, 11) is 0. The van der Waals surface area contributed by atoms with Gasteiger partial charge < -0.3 is 9.73 Å². The molecule has 0 aliphatic heterocycles. The third-order valence-electron chi connectivity index (χ3n) is 2.92. The summed E-state index contributed by atoms with van der Waals surface area (Å²) in [6.45, 7) is 0. The zero-order chi connectivity index (χ0) is 15.7. The van der Waals surface area contributed by atoms with E-state index in [1.807, 2.05) is 0 Å². The van der Waals surface area contributed by atoms with Crippen LogP contribution in [0.25, 0.3) is 11.0 Å².